The minimum Gasteiger partial charge on any atom is -0.478 e. The summed E-state index contributed by atoms with van der Waals surface area (Å²) in [6.45, 7) is 0.791. The maximum atomic E-state index is 10.8. The fourth-order valence-corrected chi connectivity index (χ4v) is 0.506. The van der Waals surface area contributed by atoms with Crippen LogP contribution in [0.25, 0.3) is 0 Å². The third-order valence-corrected chi connectivity index (χ3v) is 1.03. The number of amides is 2. The first kappa shape index (κ1) is 11.4. The van der Waals surface area contributed by atoms with Crippen molar-refractivity contribution < 1.29 is 19.4 Å². The molecule has 13 heavy (non-hydrogen) atoms. The van der Waals surface area contributed by atoms with Crippen LogP contribution in [0.5, 0.6) is 0 Å². The van der Waals surface area contributed by atoms with E-state index in [1.165, 1.54) is 7.11 Å². The van der Waals surface area contributed by atoms with Gasteiger partial charge in [-0.15, -0.1) is 0 Å². The van der Waals surface area contributed by atoms with Gasteiger partial charge in [0.25, 0.3) is 0 Å². The van der Waals surface area contributed by atoms with E-state index < -0.39 is 12.0 Å². The van der Waals surface area contributed by atoms with Crippen molar-refractivity contribution in [1.29, 1.82) is 0 Å². The molecule has 0 aliphatic rings. The number of aliphatic carboxylic acids is 1. The molecule has 0 fully saturated rings. The summed E-state index contributed by atoms with van der Waals surface area (Å²) in [5.41, 5.74) is 0. The minimum absolute atomic E-state index is 0.378. The molecule has 0 spiro atoms. The Morgan fingerprint density at radius 2 is 2.23 bits per heavy atom. The zero-order valence-corrected chi connectivity index (χ0v) is 7.24. The van der Waals surface area contributed by atoms with Crippen molar-refractivity contribution in [2.75, 3.05) is 20.3 Å². The lowest BCUT2D eigenvalue weighted by molar-refractivity contribution is -0.131. The first-order valence-electron chi connectivity index (χ1n) is 3.59. The molecule has 0 unspecified atom stereocenters. The highest BCUT2D eigenvalue weighted by atomic mass is 16.5. The summed E-state index contributed by atoms with van der Waals surface area (Å²) in [4.78, 5) is 20.7. The van der Waals surface area contributed by atoms with Gasteiger partial charge in [0.05, 0.1) is 6.61 Å². The summed E-state index contributed by atoms with van der Waals surface area (Å²) < 4.78 is 4.68. The molecule has 3 N–H and O–H groups in total. The van der Waals surface area contributed by atoms with Crippen LogP contribution in [0, 0.1) is 0 Å². The number of carboxylic acids is 1. The number of carbonyl (C=O) groups excluding carboxylic acids is 1. The van der Waals surface area contributed by atoms with Gasteiger partial charge in [-0.3, -0.25) is 0 Å². The molecular weight excluding hydrogens is 176 g/mol. The van der Waals surface area contributed by atoms with Crippen LogP contribution in [0.3, 0.4) is 0 Å². The number of carboxylic acid groups (broad SMARTS) is 1. The number of urea groups is 1. The molecule has 0 aromatic rings. The van der Waals surface area contributed by atoms with Gasteiger partial charge in [0.2, 0.25) is 0 Å². The number of hydrogen-bond donors (Lipinski definition) is 3. The third-order valence-electron chi connectivity index (χ3n) is 1.03. The van der Waals surface area contributed by atoms with Crippen LogP contribution < -0.4 is 10.6 Å². The molecule has 0 rings (SSSR count). The molecule has 0 radical (unpaired) electrons. The van der Waals surface area contributed by atoms with Crippen LogP contribution in [0.2, 0.25) is 0 Å². The van der Waals surface area contributed by atoms with E-state index in [1.54, 1.807) is 0 Å². The van der Waals surface area contributed by atoms with Crippen LogP contribution in [-0.2, 0) is 9.53 Å². The van der Waals surface area contributed by atoms with E-state index in [0.717, 1.165) is 12.3 Å². The highest BCUT2D eigenvalue weighted by Gasteiger charge is 1.94. The maximum absolute atomic E-state index is 10.8. The second-order valence-electron chi connectivity index (χ2n) is 2.06. The van der Waals surface area contributed by atoms with Gasteiger partial charge >= 0.3 is 12.0 Å². The minimum atomic E-state index is -1.11. The second kappa shape index (κ2) is 7.11. The van der Waals surface area contributed by atoms with Crippen molar-refractivity contribution in [3.8, 4) is 0 Å². The van der Waals surface area contributed by atoms with Crippen LogP contribution >= 0.6 is 0 Å². The largest absolute Gasteiger partial charge is 0.478 e. The van der Waals surface area contributed by atoms with Crippen LogP contribution in [0.1, 0.15) is 0 Å². The lowest BCUT2D eigenvalue weighted by atomic mass is 10.6. The lowest BCUT2D eigenvalue weighted by Gasteiger charge is -2.02. The van der Waals surface area contributed by atoms with Crippen LogP contribution in [0.4, 0.5) is 4.79 Å². The number of ether oxygens (including phenoxy) is 1. The van der Waals surface area contributed by atoms with Gasteiger partial charge in [-0.25, -0.2) is 9.59 Å². The molecule has 0 aromatic carbocycles. The van der Waals surface area contributed by atoms with Crippen molar-refractivity contribution in [1.82, 2.24) is 10.6 Å². The molecule has 0 aliphatic carbocycles. The first-order valence-corrected chi connectivity index (χ1v) is 3.59. The molecule has 74 valence electrons. The van der Waals surface area contributed by atoms with E-state index in [-0.39, 0.29) is 0 Å². The Morgan fingerprint density at radius 1 is 1.54 bits per heavy atom. The van der Waals surface area contributed by atoms with Crippen LogP contribution in [-0.4, -0.2) is 37.4 Å². The van der Waals surface area contributed by atoms with Crippen molar-refractivity contribution >= 4 is 12.0 Å². The standard InChI is InChI=1S/C7H12N2O4/c1-13-5-4-9-7(12)8-3-2-6(10)11/h2-3H,4-5H2,1H3,(H,10,11)(H2,8,9,12)/b3-2+. The van der Waals surface area contributed by atoms with Crippen LogP contribution in [0.15, 0.2) is 12.3 Å². The Hall–Kier alpha value is -1.56. The topological polar surface area (TPSA) is 87.7 Å². The van der Waals surface area contributed by atoms with Gasteiger partial charge in [0.15, 0.2) is 0 Å². The number of rotatable bonds is 5. The van der Waals surface area contributed by atoms with E-state index in [0.29, 0.717) is 13.2 Å². The van der Waals surface area contributed by atoms with Crippen molar-refractivity contribution in [2.45, 2.75) is 0 Å². The zero-order chi connectivity index (χ0) is 10.1. The van der Waals surface area contributed by atoms with Gasteiger partial charge in [0, 0.05) is 25.9 Å². The van der Waals surface area contributed by atoms with Crippen molar-refractivity contribution in [2.24, 2.45) is 0 Å². The number of hydrogen-bond acceptors (Lipinski definition) is 3. The molecule has 6 nitrogen and oxygen atoms in total. The third kappa shape index (κ3) is 8.35. The molecule has 0 aromatic heterocycles. The van der Waals surface area contributed by atoms with Gasteiger partial charge in [0.1, 0.15) is 0 Å². The Labute approximate surface area is 75.6 Å². The number of nitrogens with one attached hydrogen (secondary N) is 2. The van der Waals surface area contributed by atoms with Gasteiger partial charge < -0.3 is 20.5 Å². The Morgan fingerprint density at radius 3 is 2.77 bits per heavy atom. The van der Waals surface area contributed by atoms with E-state index in [9.17, 15) is 9.59 Å². The summed E-state index contributed by atoms with van der Waals surface area (Å²) >= 11 is 0. The Balaban J connectivity index is 3.46. The second-order valence-corrected chi connectivity index (χ2v) is 2.06. The maximum Gasteiger partial charge on any atom is 0.329 e. The van der Waals surface area contributed by atoms with E-state index in [1.807, 2.05) is 0 Å². The average molecular weight is 188 g/mol. The summed E-state index contributed by atoms with van der Waals surface area (Å²) in [5, 5.41) is 12.8. The summed E-state index contributed by atoms with van der Waals surface area (Å²) in [5.74, 6) is -1.11. The predicted octanol–water partition coefficient (Wildman–Crippen LogP) is -0.470. The SMILES string of the molecule is COCCNC(=O)N/C=C/C(=O)O. The molecule has 2 amide bonds. The molecule has 0 bridgehead atoms. The number of methoxy groups -OCH3 is 1. The predicted molar refractivity (Wildman–Crippen MR) is 45.2 cm³/mol. The fourth-order valence-electron chi connectivity index (χ4n) is 0.506. The number of carbonyl (C=O) groups is 2. The average Bonchev–Trinajstić information content (AvgIpc) is 2.04. The smallest absolute Gasteiger partial charge is 0.329 e. The molecule has 0 heterocycles. The summed E-state index contributed by atoms with van der Waals surface area (Å²) in [6.07, 6.45) is 1.88. The molecule has 0 aliphatic heterocycles. The Bertz CT molecular complexity index is 203. The molecule has 0 atom stereocenters. The van der Waals surface area contributed by atoms with Gasteiger partial charge in [-0.1, -0.05) is 0 Å². The Kier molecular flexibility index (Phi) is 6.26. The molecule has 6 heteroatoms. The highest BCUT2D eigenvalue weighted by Crippen LogP contribution is 1.70. The first-order chi connectivity index (χ1) is 6.16. The molecule has 0 saturated carbocycles. The van der Waals surface area contributed by atoms with Gasteiger partial charge in [-0.05, 0) is 0 Å². The highest BCUT2D eigenvalue weighted by molar-refractivity contribution is 5.81. The van der Waals surface area contributed by atoms with E-state index in [2.05, 4.69) is 15.4 Å². The quantitative estimate of drug-likeness (QED) is 0.402. The van der Waals surface area contributed by atoms with Gasteiger partial charge in [-0.2, -0.15) is 0 Å². The van der Waals surface area contributed by atoms with E-state index in [4.69, 9.17) is 5.11 Å². The normalized spacial score (nSPS) is 9.92. The monoisotopic (exact) mass is 188 g/mol. The molecule has 0 saturated heterocycles. The summed E-state index contributed by atoms with van der Waals surface area (Å²) in [6, 6.07) is -0.463. The fraction of sp³-hybridized carbons (Fsp3) is 0.429. The van der Waals surface area contributed by atoms with Crippen molar-refractivity contribution in [3.63, 3.8) is 0 Å². The van der Waals surface area contributed by atoms with E-state index >= 15 is 0 Å². The zero-order valence-electron chi connectivity index (χ0n) is 7.24. The van der Waals surface area contributed by atoms with Crippen molar-refractivity contribution in [3.05, 3.63) is 12.3 Å². The molecular formula is C7H12N2O4. The lowest BCUT2D eigenvalue weighted by Crippen LogP contribution is -2.34. The summed E-state index contributed by atoms with van der Waals surface area (Å²) in [7, 11) is 1.52.